The van der Waals surface area contributed by atoms with Crippen molar-refractivity contribution in [2.24, 2.45) is 23.2 Å². The highest BCUT2D eigenvalue weighted by Crippen LogP contribution is 2.60. The molecule has 0 unspecified atom stereocenters. The lowest BCUT2D eigenvalue weighted by molar-refractivity contribution is -0.147. The molecule has 0 spiro atoms. The molecule has 30 heavy (non-hydrogen) atoms. The average molecular weight is 416 g/mol. The maximum absolute atomic E-state index is 13.1. The Bertz CT molecular complexity index is 613. The summed E-state index contributed by atoms with van der Waals surface area (Å²) in [4.78, 5) is 28.5. The minimum atomic E-state index is -0.159. The zero-order chi connectivity index (χ0) is 20.6. The minimum absolute atomic E-state index is 0.00460. The highest BCUT2D eigenvalue weighted by Gasteiger charge is 2.54. The third kappa shape index (κ3) is 4.03. The lowest BCUT2D eigenvalue weighted by Gasteiger charge is -2.55. The molecular weight excluding hydrogens is 374 g/mol. The van der Waals surface area contributed by atoms with E-state index in [1.165, 1.54) is 83.7 Å². The summed E-state index contributed by atoms with van der Waals surface area (Å²) < 4.78 is 0. The van der Waals surface area contributed by atoms with E-state index in [9.17, 15) is 9.59 Å². The van der Waals surface area contributed by atoms with Crippen molar-refractivity contribution < 1.29 is 9.59 Å². The molecule has 0 aromatic carbocycles. The summed E-state index contributed by atoms with van der Waals surface area (Å²) in [6, 6.07) is 0. The van der Waals surface area contributed by atoms with Gasteiger partial charge in [-0.3, -0.25) is 14.5 Å². The Labute approximate surface area is 182 Å². The smallest absolute Gasteiger partial charge is 0.239 e. The number of piperidine rings is 1. The van der Waals surface area contributed by atoms with Gasteiger partial charge >= 0.3 is 0 Å². The molecule has 168 valence electrons. The van der Waals surface area contributed by atoms with Crippen LogP contribution in [0.1, 0.15) is 89.9 Å². The summed E-state index contributed by atoms with van der Waals surface area (Å²) >= 11 is 0. The number of nitrogens with one attached hydrogen (secondary N) is 2. The molecule has 0 atom stereocenters. The second kappa shape index (κ2) is 8.44. The first kappa shape index (κ1) is 20.8. The molecule has 2 N–H and O–H groups in total. The van der Waals surface area contributed by atoms with E-state index in [0.717, 1.165) is 43.6 Å². The first-order valence-electron chi connectivity index (χ1n) is 12.9. The Hall–Kier alpha value is -1.10. The van der Waals surface area contributed by atoms with Crippen molar-refractivity contribution in [1.82, 2.24) is 15.5 Å². The fraction of sp³-hybridized carbons (Fsp3) is 0.920. The van der Waals surface area contributed by atoms with Crippen LogP contribution in [0.2, 0.25) is 0 Å². The van der Waals surface area contributed by atoms with E-state index in [4.69, 9.17) is 0 Å². The van der Waals surface area contributed by atoms with E-state index in [2.05, 4.69) is 15.5 Å². The molecule has 5 saturated carbocycles. The molecule has 4 bridgehead atoms. The third-order valence-electron chi connectivity index (χ3n) is 9.36. The predicted octanol–water partition coefficient (Wildman–Crippen LogP) is 3.62. The maximum atomic E-state index is 13.1. The van der Waals surface area contributed by atoms with Crippen LogP contribution in [0.25, 0.3) is 0 Å². The molecule has 0 radical (unpaired) electrons. The summed E-state index contributed by atoms with van der Waals surface area (Å²) in [6.07, 6.45) is 17.4. The van der Waals surface area contributed by atoms with Gasteiger partial charge < -0.3 is 10.6 Å². The highest BCUT2D eigenvalue weighted by molar-refractivity contribution is 5.88. The molecule has 2 amide bonds. The Morgan fingerprint density at radius 3 is 1.93 bits per heavy atom. The van der Waals surface area contributed by atoms with Gasteiger partial charge in [0.05, 0.1) is 6.54 Å². The number of amides is 2. The van der Waals surface area contributed by atoms with Crippen molar-refractivity contribution in [3.8, 4) is 0 Å². The van der Waals surface area contributed by atoms with Crippen LogP contribution in [0.5, 0.6) is 0 Å². The van der Waals surface area contributed by atoms with E-state index >= 15 is 0 Å². The summed E-state index contributed by atoms with van der Waals surface area (Å²) in [5, 5.41) is 6.28. The second-order valence-electron chi connectivity index (χ2n) is 11.5. The van der Waals surface area contributed by atoms with Crippen LogP contribution in [0.3, 0.4) is 0 Å². The molecule has 1 heterocycles. The van der Waals surface area contributed by atoms with Gasteiger partial charge in [-0.25, -0.2) is 0 Å². The Morgan fingerprint density at radius 2 is 1.33 bits per heavy atom. The molecule has 5 nitrogen and oxygen atoms in total. The average Bonchev–Trinajstić information content (AvgIpc) is 2.76. The first-order chi connectivity index (χ1) is 14.6. The predicted molar refractivity (Wildman–Crippen MR) is 118 cm³/mol. The van der Waals surface area contributed by atoms with E-state index in [-0.39, 0.29) is 29.3 Å². The SMILES string of the molecule is O=C(CNC(=O)C12CC3CC(CC(C3)C1)C2)NCC1(N2CCCCC2)CCCCC1. The van der Waals surface area contributed by atoms with Gasteiger partial charge in [-0.2, -0.15) is 0 Å². The maximum Gasteiger partial charge on any atom is 0.239 e. The van der Waals surface area contributed by atoms with Gasteiger partial charge in [0.2, 0.25) is 11.8 Å². The number of rotatable bonds is 6. The van der Waals surface area contributed by atoms with Crippen molar-refractivity contribution in [3.63, 3.8) is 0 Å². The van der Waals surface area contributed by atoms with Crippen LogP contribution in [0.15, 0.2) is 0 Å². The van der Waals surface area contributed by atoms with Crippen molar-refractivity contribution in [1.29, 1.82) is 0 Å². The summed E-state index contributed by atoms with van der Waals surface area (Å²) in [7, 11) is 0. The molecule has 0 aromatic rings. The molecular formula is C25H41N3O2. The van der Waals surface area contributed by atoms with Gasteiger partial charge in [-0.05, 0) is 95.1 Å². The first-order valence-corrected chi connectivity index (χ1v) is 12.9. The van der Waals surface area contributed by atoms with E-state index in [1.807, 2.05) is 0 Å². The van der Waals surface area contributed by atoms with Gasteiger partial charge in [0.1, 0.15) is 0 Å². The fourth-order valence-corrected chi connectivity index (χ4v) is 8.25. The van der Waals surface area contributed by atoms with E-state index in [1.54, 1.807) is 0 Å². The standard InChI is InChI=1S/C25H41N3O2/c29-22(27-18-25(7-3-1-4-8-25)28-9-5-2-6-10-28)17-26-23(30)24-14-19-11-20(15-24)13-21(12-19)16-24/h19-21H,1-18H2,(H,26,30)(H,27,29). The third-order valence-corrected chi connectivity index (χ3v) is 9.36. The lowest BCUT2D eigenvalue weighted by Crippen LogP contribution is -2.59. The Balaban J connectivity index is 1.14. The van der Waals surface area contributed by atoms with Crippen molar-refractivity contribution in [2.75, 3.05) is 26.2 Å². The van der Waals surface area contributed by atoms with Crippen LogP contribution in [-0.2, 0) is 9.59 Å². The van der Waals surface area contributed by atoms with Crippen LogP contribution < -0.4 is 10.6 Å². The lowest BCUT2D eigenvalue weighted by atomic mass is 9.49. The number of carbonyl (C=O) groups excluding carboxylic acids is 2. The molecule has 5 heteroatoms. The summed E-state index contributed by atoms with van der Waals surface area (Å²) in [5.74, 6) is 2.43. The zero-order valence-electron chi connectivity index (χ0n) is 18.7. The van der Waals surface area contributed by atoms with Crippen LogP contribution in [-0.4, -0.2) is 48.4 Å². The Morgan fingerprint density at radius 1 is 0.767 bits per heavy atom. The number of likely N-dealkylation sites (tertiary alicyclic amines) is 1. The van der Waals surface area contributed by atoms with Crippen LogP contribution in [0, 0.1) is 23.2 Å². The number of carbonyl (C=O) groups is 2. The quantitative estimate of drug-likeness (QED) is 0.696. The highest BCUT2D eigenvalue weighted by atomic mass is 16.2. The molecule has 1 aliphatic heterocycles. The van der Waals surface area contributed by atoms with Crippen LogP contribution in [0.4, 0.5) is 0 Å². The minimum Gasteiger partial charge on any atom is -0.353 e. The molecule has 6 aliphatic rings. The monoisotopic (exact) mass is 415 g/mol. The molecule has 6 rings (SSSR count). The van der Waals surface area contributed by atoms with Crippen molar-refractivity contribution >= 4 is 11.8 Å². The Kier molecular flexibility index (Phi) is 5.85. The van der Waals surface area contributed by atoms with Gasteiger partial charge in [-0.15, -0.1) is 0 Å². The number of hydrogen-bond acceptors (Lipinski definition) is 3. The fourth-order valence-electron chi connectivity index (χ4n) is 8.25. The second-order valence-corrected chi connectivity index (χ2v) is 11.5. The van der Waals surface area contributed by atoms with Crippen LogP contribution >= 0.6 is 0 Å². The topological polar surface area (TPSA) is 61.4 Å². The zero-order valence-corrected chi connectivity index (χ0v) is 18.7. The largest absolute Gasteiger partial charge is 0.353 e. The number of nitrogens with zero attached hydrogens (tertiary/aromatic N) is 1. The molecule has 6 fully saturated rings. The van der Waals surface area contributed by atoms with Gasteiger partial charge in [0.25, 0.3) is 0 Å². The van der Waals surface area contributed by atoms with Gasteiger partial charge in [0, 0.05) is 17.5 Å². The van der Waals surface area contributed by atoms with Crippen molar-refractivity contribution in [3.05, 3.63) is 0 Å². The van der Waals surface area contributed by atoms with E-state index in [0.29, 0.717) is 0 Å². The normalized spacial score (nSPS) is 37.7. The van der Waals surface area contributed by atoms with Crippen molar-refractivity contribution in [2.45, 2.75) is 95.4 Å². The van der Waals surface area contributed by atoms with Gasteiger partial charge in [-0.1, -0.05) is 25.7 Å². The van der Waals surface area contributed by atoms with Gasteiger partial charge in [0.15, 0.2) is 0 Å². The summed E-state index contributed by atoms with van der Waals surface area (Å²) in [6.45, 7) is 3.26. The molecule has 0 aromatic heterocycles. The van der Waals surface area contributed by atoms with E-state index < -0.39 is 0 Å². The number of hydrogen-bond donors (Lipinski definition) is 2. The summed E-state index contributed by atoms with van der Waals surface area (Å²) in [5.41, 5.74) is -0.00825. The molecule has 1 saturated heterocycles. The molecule has 5 aliphatic carbocycles.